The number of esters is 1. The first-order valence-electron chi connectivity index (χ1n) is 9.87. The van der Waals surface area contributed by atoms with E-state index in [0.717, 1.165) is 11.3 Å². The van der Waals surface area contributed by atoms with Crippen molar-refractivity contribution in [1.82, 2.24) is 4.90 Å². The number of carbonyl (C=O) groups is 2. The molecule has 1 amide bonds. The summed E-state index contributed by atoms with van der Waals surface area (Å²) in [5, 5.41) is 0.644. The van der Waals surface area contributed by atoms with Gasteiger partial charge in [-0.15, -0.1) is 0 Å². The van der Waals surface area contributed by atoms with E-state index in [0.29, 0.717) is 44.2 Å². The Balaban J connectivity index is 1.56. The number of methoxy groups -OCH3 is 1. The lowest BCUT2D eigenvalue weighted by Crippen LogP contribution is -2.51. The van der Waals surface area contributed by atoms with Crippen molar-refractivity contribution in [2.75, 3.05) is 44.8 Å². The zero-order valence-corrected chi connectivity index (χ0v) is 18.2. The molecule has 3 rings (SSSR count). The van der Waals surface area contributed by atoms with Crippen molar-refractivity contribution in [2.45, 2.75) is 38.9 Å². The number of halogens is 1. The number of hydrogen-bond acceptors (Lipinski definition) is 6. The Morgan fingerprint density at radius 2 is 1.97 bits per heavy atom. The topological polar surface area (TPSA) is 68.3 Å². The van der Waals surface area contributed by atoms with Crippen LogP contribution in [0.1, 0.15) is 26.3 Å². The highest BCUT2D eigenvalue weighted by Crippen LogP contribution is 2.33. The molecule has 2 heterocycles. The molecule has 0 N–H and O–H groups in total. The predicted molar refractivity (Wildman–Crippen MR) is 110 cm³/mol. The van der Waals surface area contributed by atoms with Crippen LogP contribution in [0.5, 0.6) is 0 Å². The van der Waals surface area contributed by atoms with Crippen LogP contribution in [0.4, 0.5) is 10.5 Å². The molecule has 1 unspecified atom stereocenters. The lowest BCUT2D eigenvalue weighted by Gasteiger charge is -2.39. The summed E-state index contributed by atoms with van der Waals surface area (Å²) in [6.07, 6.45) is 0.243. The summed E-state index contributed by atoms with van der Waals surface area (Å²) in [5.41, 5.74) is 1.44. The van der Waals surface area contributed by atoms with Crippen molar-refractivity contribution in [1.29, 1.82) is 0 Å². The fraction of sp³-hybridized carbons (Fsp3) is 0.619. The summed E-state index contributed by atoms with van der Waals surface area (Å²) in [7, 11) is 1.41. The van der Waals surface area contributed by atoms with E-state index in [-0.39, 0.29) is 24.1 Å². The zero-order chi connectivity index (χ0) is 21.2. The van der Waals surface area contributed by atoms with Gasteiger partial charge in [0.2, 0.25) is 0 Å². The monoisotopic (exact) mass is 424 g/mol. The second-order valence-electron chi connectivity index (χ2n) is 8.53. The lowest BCUT2D eigenvalue weighted by molar-refractivity contribution is -0.146. The number of carbonyl (C=O) groups excluding carboxylic acids is 2. The van der Waals surface area contributed by atoms with Crippen LogP contribution in [0.25, 0.3) is 0 Å². The number of anilines is 1. The first-order chi connectivity index (χ1) is 13.7. The predicted octanol–water partition coefficient (Wildman–Crippen LogP) is 3.13. The molecule has 2 fully saturated rings. The van der Waals surface area contributed by atoms with Gasteiger partial charge in [0.05, 0.1) is 43.0 Å². The summed E-state index contributed by atoms with van der Waals surface area (Å²) in [4.78, 5) is 27.6. The van der Waals surface area contributed by atoms with Crippen LogP contribution < -0.4 is 4.90 Å². The first kappa shape index (κ1) is 21.7. The molecule has 2 aliphatic heterocycles. The normalized spacial score (nSPS) is 20.2. The second-order valence-corrected chi connectivity index (χ2v) is 8.94. The minimum absolute atomic E-state index is 0.0924. The SMILES string of the molecule is COC(=O)C1CN(c2ccc(CC3CN(C(=O)OC(C)(C)C)CCO3)cc2Cl)C1. The lowest BCUT2D eigenvalue weighted by atomic mass is 9.98. The van der Waals surface area contributed by atoms with Gasteiger partial charge in [0, 0.05) is 26.1 Å². The van der Waals surface area contributed by atoms with Crippen molar-refractivity contribution >= 4 is 29.4 Å². The maximum atomic E-state index is 12.3. The molecule has 2 saturated heterocycles. The van der Waals surface area contributed by atoms with E-state index in [1.807, 2.05) is 39.0 Å². The van der Waals surface area contributed by atoms with Gasteiger partial charge in [0.25, 0.3) is 0 Å². The Labute approximate surface area is 176 Å². The molecular weight excluding hydrogens is 396 g/mol. The molecule has 1 aromatic rings. The van der Waals surface area contributed by atoms with Crippen molar-refractivity contribution in [3.8, 4) is 0 Å². The van der Waals surface area contributed by atoms with Gasteiger partial charge < -0.3 is 24.0 Å². The summed E-state index contributed by atoms with van der Waals surface area (Å²) >= 11 is 6.48. The largest absolute Gasteiger partial charge is 0.469 e. The van der Waals surface area contributed by atoms with Crippen molar-refractivity contribution in [3.63, 3.8) is 0 Å². The molecule has 0 radical (unpaired) electrons. The van der Waals surface area contributed by atoms with Crippen LogP contribution >= 0.6 is 11.6 Å². The zero-order valence-electron chi connectivity index (χ0n) is 17.4. The number of hydrogen-bond donors (Lipinski definition) is 0. The van der Waals surface area contributed by atoms with Crippen molar-refractivity contribution in [2.24, 2.45) is 5.92 Å². The number of ether oxygens (including phenoxy) is 3. The third-order valence-electron chi connectivity index (χ3n) is 5.02. The van der Waals surface area contributed by atoms with Gasteiger partial charge in [0.15, 0.2) is 0 Å². The molecule has 2 aliphatic rings. The number of benzene rings is 1. The highest BCUT2D eigenvalue weighted by molar-refractivity contribution is 6.33. The molecule has 160 valence electrons. The molecule has 8 heteroatoms. The first-order valence-corrected chi connectivity index (χ1v) is 10.2. The highest BCUT2D eigenvalue weighted by atomic mass is 35.5. The molecular formula is C21H29ClN2O5. The van der Waals surface area contributed by atoms with E-state index < -0.39 is 5.60 Å². The van der Waals surface area contributed by atoms with Gasteiger partial charge in [-0.3, -0.25) is 4.79 Å². The van der Waals surface area contributed by atoms with Gasteiger partial charge in [0.1, 0.15) is 5.60 Å². The standard InChI is InChI=1S/C21H29ClN2O5/c1-21(2,3)29-20(26)23-7-8-28-16(13-23)9-14-5-6-18(17(22)10-14)24-11-15(12-24)19(25)27-4/h5-6,10,15-16H,7-9,11-13H2,1-4H3. The maximum absolute atomic E-state index is 12.3. The number of rotatable bonds is 4. The van der Waals surface area contributed by atoms with E-state index in [2.05, 4.69) is 4.90 Å². The number of morpholine rings is 1. The Morgan fingerprint density at radius 1 is 1.24 bits per heavy atom. The van der Waals surface area contributed by atoms with Gasteiger partial charge in [-0.05, 0) is 38.5 Å². The van der Waals surface area contributed by atoms with Gasteiger partial charge >= 0.3 is 12.1 Å². The Hall–Kier alpha value is -1.99. The minimum Gasteiger partial charge on any atom is -0.469 e. The van der Waals surface area contributed by atoms with Gasteiger partial charge in [-0.25, -0.2) is 4.79 Å². The van der Waals surface area contributed by atoms with Crippen molar-refractivity contribution < 1.29 is 23.8 Å². The fourth-order valence-electron chi connectivity index (χ4n) is 3.52. The van der Waals surface area contributed by atoms with Crippen LogP contribution in [-0.2, 0) is 25.4 Å². The van der Waals surface area contributed by atoms with Crippen LogP contribution in [0.3, 0.4) is 0 Å². The average Bonchev–Trinajstić information content (AvgIpc) is 2.61. The molecule has 7 nitrogen and oxygen atoms in total. The molecule has 0 aromatic heterocycles. The Bertz CT molecular complexity index is 758. The molecule has 0 saturated carbocycles. The minimum atomic E-state index is -0.516. The van der Waals surface area contributed by atoms with Crippen molar-refractivity contribution in [3.05, 3.63) is 28.8 Å². The van der Waals surface area contributed by atoms with Crippen LogP contribution in [0, 0.1) is 5.92 Å². The third-order valence-corrected chi connectivity index (χ3v) is 5.33. The summed E-state index contributed by atoms with van der Waals surface area (Å²) in [5.74, 6) is -0.275. The number of amides is 1. The fourth-order valence-corrected chi connectivity index (χ4v) is 3.85. The summed E-state index contributed by atoms with van der Waals surface area (Å²) < 4.78 is 16.1. The van der Waals surface area contributed by atoms with Crippen LogP contribution in [0.2, 0.25) is 5.02 Å². The molecule has 0 aliphatic carbocycles. The quantitative estimate of drug-likeness (QED) is 0.692. The molecule has 1 atom stereocenters. The number of nitrogens with zero attached hydrogens (tertiary/aromatic N) is 2. The van der Waals surface area contributed by atoms with E-state index in [1.54, 1.807) is 4.90 Å². The second kappa shape index (κ2) is 8.79. The van der Waals surface area contributed by atoms with Crippen LogP contribution in [-0.4, -0.2) is 68.6 Å². The van der Waals surface area contributed by atoms with Gasteiger partial charge in [-0.2, -0.15) is 0 Å². The smallest absolute Gasteiger partial charge is 0.410 e. The highest BCUT2D eigenvalue weighted by Gasteiger charge is 2.34. The summed E-state index contributed by atoms with van der Waals surface area (Å²) in [6, 6.07) is 5.92. The van der Waals surface area contributed by atoms with E-state index >= 15 is 0 Å². The maximum Gasteiger partial charge on any atom is 0.410 e. The third kappa shape index (κ3) is 5.54. The van der Waals surface area contributed by atoms with E-state index in [4.69, 9.17) is 25.8 Å². The molecule has 29 heavy (non-hydrogen) atoms. The van der Waals surface area contributed by atoms with Crippen LogP contribution in [0.15, 0.2) is 18.2 Å². The Kier molecular flexibility index (Phi) is 6.58. The Morgan fingerprint density at radius 3 is 2.59 bits per heavy atom. The molecule has 0 spiro atoms. The van der Waals surface area contributed by atoms with E-state index in [1.165, 1.54) is 7.11 Å². The summed E-state index contributed by atoms with van der Waals surface area (Å²) in [6.45, 7) is 8.30. The van der Waals surface area contributed by atoms with E-state index in [9.17, 15) is 9.59 Å². The molecule has 1 aromatic carbocycles. The molecule has 0 bridgehead atoms. The average molecular weight is 425 g/mol. The van der Waals surface area contributed by atoms with Gasteiger partial charge in [-0.1, -0.05) is 17.7 Å².